The molecule has 1 aromatic heterocycles. The maximum Gasteiger partial charge on any atom is 0.217 e. The van der Waals surface area contributed by atoms with Crippen LogP contribution in [0.1, 0.15) is 11.3 Å². The van der Waals surface area contributed by atoms with Gasteiger partial charge in [-0.2, -0.15) is 0 Å². The van der Waals surface area contributed by atoms with E-state index in [-0.39, 0.29) is 0 Å². The average Bonchev–Trinajstić information content (AvgIpc) is 2.47. The number of fused-ring (bicyclic) bond motifs is 1. The van der Waals surface area contributed by atoms with Crippen molar-refractivity contribution < 1.29 is 4.79 Å². The first-order chi connectivity index (χ1) is 5.42. The van der Waals surface area contributed by atoms with Gasteiger partial charge in [-0.15, -0.1) is 0 Å². The Bertz CT molecular complexity index is 278. The largest absolute Gasteiger partial charge is 0.312 e. The van der Waals surface area contributed by atoms with Crippen LogP contribution in [-0.4, -0.2) is 17.5 Å². The number of hydrogen-bond donors (Lipinski definition) is 1. The first-order valence-corrected chi connectivity index (χ1v) is 3.76. The summed E-state index contributed by atoms with van der Waals surface area (Å²) in [4.78, 5) is 10.5. The minimum Gasteiger partial charge on any atom is -0.312 e. The molecular weight excluding hydrogens is 140 g/mol. The summed E-state index contributed by atoms with van der Waals surface area (Å²) in [5, 5.41) is 3.25. The summed E-state index contributed by atoms with van der Waals surface area (Å²) in [6.45, 7) is 1.88. The average molecular weight is 150 g/mol. The highest BCUT2D eigenvalue weighted by molar-refractivity contribution is 5.55. The minimum absolute atomic E-state index is 0.865. The first kappa shape index (κ1) is 6.61. The zero-order valence-electron chi connectivity index (χ0n) is 6.21. The molecule has 0 amide bonds. The molecule has 0 fully saturated rings. The molecule has 2 heterocycles. The molecule has 2 rings (SSSR count). The van der Waals surface area contributed by atoms with Crippen LogP contribution in [-0.2, 0) is 17.8 Å². The standard InChI is InChI=1S/C8H10N2O/c11-6-10-4-2-7-5-9-3-1-8(7)10/h2,4,6,9H,1,3,5H2. The van der Waals surface area contributed by atoms with Crippen LogP contribution in [0.4, 0.5) is 0 Å². The Hall–Kier alpha value is -1.09. The van der Waals surface area contributed by atoms with Gasteiger partial charge in [0, 0.05) is 31.4 Å². The van der Waals surface area contributed by atoms with Gasteiger partial charge in [0.05, 0.1) is 0 Å². The third kappa shape index (κ3) is 0.973. The van der Waals surface area contributed by atoms with Gasteiger partial charge in [0.25, 0.3) is 0 Å². The highest BCUT2D eigenvalue weighted by Crippen LogP contribution is 2.13. The molecule has 58 valence electrons. The van der Waals surface area contributed by atoms with E-state index in [0.717, 1.165) is 25.9 Å². The summed E-state index contributed by atoms with van der Waals surface area (Å²) in [5.74, 6) is 0. The molecule has 1 N–H and O–H groups in total. The predicted molar refractivity (Wildman–Crippen MR) is 42.0 cm³/mol. The number of rotatable bonds is 1. The molecule has 0 saturated heterocycles. The topological polar surface area (TPSA) is 34.0 Å². The van der Waals surface area contributed by atoms with Crippen LogP contribution in [0.5, 0.6) is 0 Å². The first-order valence-electron chi connectivity index (χ1n) is 3.76. The minimum atomic E-state index is 0.865. The van der Waals surface area contributed by atoms with E-state index in [4.69, 9.17) is 0 Å². The van der Waals surface area contributed by atoms with Gasteiger partial charge in [-0.25, -0.2) is 0 Å². The quantitative estimate of drug-likeness (QED) is 0.579. The van der Waals surface area contributed by atoms with Gasteiger partial charge in [-0.1, -0.05) is 0 Å². The molecule has 1 aliphatic rings. The van der Waals surface area contributed by atoms with Crippen molar-refractivity contribution in [1.82, 2.24) is 9.88 Å². The second-order valence-corrected chi connectivity index (χ2v) is 2.73. The second-order valence-electron chi connectivity index (χ2n) is 2.73. The van der Waals surface area contributed by atoms with E-state index in [1.54, 1.807) is 4.57 Å². The molecule has 0 atom stereocenters. The van der Waals surface area contributed by atoms with E-state index < -0.39 is 0 Å². The zero-order chi connectivity index (χ0) is 7.68. The fraction of sp³-hybridized carbons (Fsp3) is 0.375. The molecule has 1 aromatic rings. The number of hydrogen-bond acceptors (Lipinski definition) is 2. The van der Waals surface area contributed by atoms with Crippen LogP contribution in [0, 0.1) is 0 Å². The third-order valence-corrected chi connectivity index (χ3v) is 2.09. The highest BCUT2D eigenvalue weighted by atomic mass is 16.1. The number of nitrogens with zero attached hydrogens (tertiary/aromatic N) is 1. The summed E-state index contributed by atoms with van der Waals surface area (Å²) in [5.41, 5.74) is 2.42. The molecule has 11 heavy (non-hydrogen) atoms. The fourth-order valence-electron chi connectivity index (χ4n) is 1.50. The Morgan fingerprint density at radius 1 is 1.64 bits per heavy atom. The van der Waals surface area contributed by atoms with Crippen LogP contribution in [0.15, 0.2) is 12.3 Å². The van der Waals surface area contributed by atoms with Crippen LogP contribution >= 0.6 is 0 Å². The molecule has 0 aliphatic carbocycles. The number of carbonyl (C=O) groups is 1. The fourth-order valence-corrected chi connectivity index (χ4v) is 1.50. The molecule has 0 bridgehead atoms. The summed E-state index contributed by atoms with van der Waals surface area (Å²) < 4.78 is 1.66. The van der Waals surface area contributed by atoms with Gasteiger partial charge in [0.2, 0.25) is 6.41 Å². The molecule has 1 aliphatic heterocycles. The molecule has 0 aromatic carbocycles. The number of carbonyl (C=O) groups excluding carboxylic acids is 1. The Morgan fingerprint density at radius 3 is 3.36 bits per heavy atom. The van der Waals surface area contributed by atoms with Crippen molar-refractivity contribution in [3.05, 3.63) is 23.5 Å². The van der Waals surface area contributed by atoms with Crippen molar-refractivity contribution >= 4 is 6.41 Å². The van der Waals surface area contributed by atoms with E-state index in [1.807, 2.05) is 12.3 Å². The summed E-state index contributed by atoms with van der Waals surface area (Å²) in [6, 6.07) is 2.00. The lowest BCUT2D eigenvalue weighted by Gasteiger charge is -2.13. The Labute approximate surface area is 65.0 Å². The molecule has 0 saturated carbocycles. The SMILES string of the molecule is O=Cn1ccc2c1CCNC2. The van der Waals surface area contributed by atoms with Gasteiger partial charge >= 0.3 is 0 Å². The number of nitrogens with one attached hydrogen (secondary N) is 1. The van der Waals surface area contributed by atoms with E-state index >= 15 is 0 Å². The van der Waals surface area contributed by atoms with Crippen molar-refractivity contribution in [2.45, 2.75) is 13.0 Å². The van der Waals surface area contributed by atoms with Crippen molar-refractivity contribution in [2.24, 2.45) is 0 Å². The zero-order valence-corrected chi connectivity index (χ0v) is 6.21. The van der Waals surface area contributed by atoms with Crippen molar-refractivity contribution in [3.63, 3.8) is 0 Å². The van der Waals surface area contributed by atoms with Gasteiger partial charge in [-0.3, -0.25) is 9.36 Å². The van der Waals surface area contributed by atoms with Crippen molar-refractivity contribution in [2.75, 3.05) is 6.54 Å². The Morgan fingerprint density at radius 2 is 2.55 bits per heavy atom. The summed E-state index contributed by atoms with van der Waals surface area (Å²) in [6.07, 6.45) is 3.65. The lowest BCUT2D eigenvalue weighted by atomic mass is 10.1. The second kappa shape index (κ2) is 2.51. The lowest BCUT2D eigenvalue weighted by Crippen LogP contribution is -2.24. The van der Waals surface area contributed by atoms with E-state index in [9.17, 15) is 4.79 Å². The molecule has 0 unspecified atom stereocenters. The lowest BCUT2D eigenvalue weighted by molar-refractivity contribution is 0.542. The van der Waals surface area contributed by atoms with Crippen LogP contribution in [0.2, 0.25) is 0 Å². The maximum absolute atomic E-state index is 10.5. The highest BCUT2D eigenvalue weighted by Gasteiger charge is 2.11. The maximum atomic E-state index is 10.5. The van der Waals surface area contributed by atoms with E-state index in [1.165, 1.54) is 11.3 Å². The molecule has 3 heteroatoms. The van der Waals surface area contributed by atoms with Gasteiger partial charge < -0.3 is 5.32 Å². The van der Waals surface area contributed by atoms with Crippen LogP contribution in [0.3, 0.4) is 0 Å². The van der Waals surface area contributed by atoms with E-state index in [2.05, 4.69) is 5.32 Å². The van der Waals surface area contributed by atoms with E-state index in [0.29, 0.717) is 0 Å². The third-order valence-electron chi connectivity index (χ3n) is 2.09. The van der Waals surface area contributed by atoms with Gasteiger partial charge in [-0.05, 0) is 11.6 Å². The van der Waals surface area contributed by atoms with Crippen LogP contribution in [0.25, 0.3) is 0 Å². The van der Waals surface area contributed by atoms with Crippen molar-refractivity contribution in [1.29, 1.82) is 0 Å². The predicted octanol–water partition coefficient (Wildman–Crippen LogP) is 0.172. The van der Waals surface area contributed by atoms with Gasteiger partial charge in [0.1, 0.15) is 0 Å². The Kier molecular flexibility index (Phi) is 1.51. The normalized spacial score (nSPS) is 16.0. The molecular formula is C8H10N2O. The van der Waals surface area contributed by atoms with Crippen LogP contribution < -0.4 is 5.32 Å². The molecule has 0 spiro atoms. The summed E-state index contributed by atoms with van der Waals surface area (Å²) in [7, 11) is 0. The number of aromatic nitrogens is 1. The van der Waals surface area contributed by atoms with Gasteiger partial charge in [0.15, 0.2) is 0 Å². The Balaban J connectivity index is 2.45. The molecule has 3 nitrogen and oxygen atoms in total. The smallest absolute Gasteiger partial charge is 0.217 e. The van der Waals surface area contributed by atoms with Crippen molar-refractivity contribution in [3.8, 4) is 0 Å². The summed E-state index contributed by atoms with van der Waals surface area (Å²) >= 11 is 0. The molecule has 0 radical (unpaired) electrons. The monoisotopic (exact) mass is 150 g/mol.